The van der Waals surface area contributed by atoms with Crippen LogP contribution in [0.5, 0.6) is 0 Å². The highest BCUT2D eigenvalue weighted by Gasteiger charge is 2.19. The van der Waals surface area contributed by atoms with E-state index in [4.69, 9.17) is 0 Å². The Morgan fingerprint density at radius 3 is 2.53 bits per heavy atom. The van der Waals surface area contributed by atoms with E-state index in [2.05, 4.69) is 20.6 Å². The third-order valence-electron chi connectivity index (χ3n) is 3.34. The molecule has 0 aromatic carbocycles. The van der Waals surface area contributed by atoms with Crippen molar-refractivity contribution in [3.8, 4) is 0 Å². The number of anilines is 1. The average Bonchev–Trinajstić information content (AvgIpc) is 2.40. The number of hydrogen-bond donors (Lipinski definition) is 2. The lowest BCUT2D eigenvalue weighted by Gasteiger charge is -2.29. The van der Waals surface area contributed by atoms with Gasteiger partial charge >= 0.3 is 0 Å². The van der Waals surface area contributed by atoms with Crippen molar-refractivity contribution in [1.82, 2.24) is 15.3 Å². The van der Waals surface area contributed by atoms with E-state index in [-0.39, 0.29) is 0 Å². The minimum atomic E-state index is 0.559. The van der Waals surface area contributed by atoms with Gasteiger partial charge in [-0.05, 0) is 39.0 Å². The summed E-state index contributed by atoms with van der Waals surface area (Å²) < 4.78 is 0. The number of thioether (sulfide) groups is 1. The molecule has 0 bridgehead atoms. The van der Waals surface area contributed by atoms with Gasteiger partial charge in [0, 0.05) is 18.2 Å². The van der Waals surface area contributed by atoms with Crippen molar-refractivity contribution in [2.75, 3.05) is 18.6 Å². The van der Waals surface area contributed by atoms with E-state index < -0.39 is 0 Å². The second-order valence-corrected chi connectivity index (χ2v) is 5.25. The van der Waals surface area contributed by atoms with Crippen LogP contribution in [0.3, 0.4) is 0 Å². The fraction of sp³-hybridized carbons (Fsp3) is 0.667. The summed E-state index contributed by atoms with van der Waals surface area (Å²) >= 11 is 1.65. The molecule has 1 aliphatic carbocycles. The van der Waals surface area contributed by atoms with E-state index in [1.165, 1.54) is 25.7 Å². The maximum absolute atomic E-state index is 4.27. The summed E-state index contributed by atoms with van der Waals surface area (Å²) in [7, 11) is 2.05. The topological polar surface area (TPSA) is 49.8 Å². The molecular weight excluding hydrogens is 232 g/mol. The van der Waals surface area contributed by atoms with Crippen molar-refractivity contribution in [2.45, 2.75) is 42.8 Å². The summed E-state index contributed by atoms with van der Waals surface area (Å²) in [5, 5.41) is 7.88. The van der Waals surface area contributed by atoms with Crippen molar-refractivity contribution >= 4 is 17.6 Å². The van der Waals surface area contributed by atoms with Crippen LogP contribution in [-0.2, 0) is 0 Å². The summed E-state index contributed by atoms with van der Waals surface area (Å²) in [6, 6.07) is 3.28. The highest BCUT2D eigenvalue weighted by Crippen LogP contribution is 2.22. The lowest BCUT2D eigenvalue weighted by atomic mass is 9.91. The molecular formula is C12H20N4S. The summed E-state index contributed by atoms with van der Waals surface area (Å²) in [6.45, 7) is 0. The van der Waals surface area contributed by atoms with Gasteiger partial charge in [-0.25, -0.2) is 9.97 Å². The van der Waals surface area contributed by atoms with Crippen LogP contribution in [0, 0.1) is 0 Å². The minimum Gasteiger partial charge on any atom is -0.367 e. The van der Waals surface area contributed by atoms with Crippen molar-refractivity contribution < 1.29 is 0 Å². The lowest BCUT2D eigenvalue weighted by Crippen LogP contribution is -2.35. The first-order valence-corrected chi connectivity index (χ1v) is 7.34. The van der Waals surface area contributed by atoms with Gasteiger partial charge in [0.1, 0.15) is 17.2 Å². The molecule has 17 heavy (non-hydrogen) atoms. The predicted octanol–water partition coefficient (Wildman–Crippen LogP) is 2.14. The van der Waals surface area contributed by atoms with Gasteiger partial charge in [-0.1, -0.05) is 0 Å². The second-order valence-electron chi connectivity index (χ2n) is 4.43. The Morgan fingerprint density at radius 2 is 1.88 bits per heavy atom. The van der Waals surface area contributed by atoms with Gasteiger partial charge in [0.15, 0.2) is 0 Å². The molecule has 1 aliphatic rings. The van der Waals surface area contributed by atoms with Gasteiger partial charge in [0.2, 0.25) is 0 Å². The number of nitrogens with one attached hydrogen (secondary N) is 2. The first-order chi connectivity index (χ1) is 8.31. The molecule has 94 valence electrons. The zero-order valence-electron chi connectivity index (χ0n) is 10.4. The maximum Gasteiger partial charge on any atom is 0.130 e. The molecule has 0 radical (unpaired) electrons. The SMILES string of the molecule is CNC1CCC(Nc2cc(SC)ncn2)CC1. The van der Waals surface area contributed by atoms with Gasteiger partial charge in [-0.15, -0.1) is 11.8 Å². The summed E-state index contributed by atoms with van der Waals surface area (Å²) in [5.74, 6) is 0.956. The number of rotatable bonds is 4. The first-order valence-electron chi connectivity index (χ1n) is 6.11. The molecule has 0 aliphatic heterocycles. The lowest BCUT2D eigenvalue weighted by molar-refractivity contribution is 0.371. The molecule has 2 N–H and O–H groups in total. The zero-order chi connectivity index (χ0) is 12.1. The minimum absolute atomic E-state index is 0.559. The molecule has 0 saturated heterocycles. The predicted molar refractivity (Wildman–Crippen MR) is 72.5 cm³/mol. The Hall–Kier alpha value is -0.810. The van der Waals surface area contributed by atoms with Crippen LogP contribution in [0.15, 0.2) is 17.4 Å². The second kappa shape index (κ2) is 6.21. The molecule has 0 atom stereocenters. The number of hydrogen-bond acceptors (Lipinski definition) is 5. The molecule has 1 fully saturated rings. The Balaban J connectivity index is 1.88. The molecule has 5 heteroatoms. The Kier molecular flexibility index (Phi) is 4.62. The van der Waals surface area contributed by atoms with Crippen LogP contribution in [0.1, 0.15) is 25.7 Å². The van der Waals surface area contributed by atoms with Crippen LogP contribution in [0.2, 0.25) is 0 Å². The van der Waals surface area contributed by atoms with E-state index in [1.807, 2.05) is 19.4 Å². The van der Waals surface area contributed by atoms with Crippen molar-refractivity contribution in [1.29, 1.82) is 0 Å². The van der Waals surface area contributed by atoms with Gasteiger partial charge < -0.3 is 10.6 Å². The standard InChI is InChI=1S/C12H20N4S/c1-13-9-3-5-10(6-4-9)16-11-7-12(17-2)15-8-14-11/h7-10,13H,3-6H2,1-2H3,(H,14,15,16). The molecule has 4 nitrogen and oxygen atoms in total. The van der Waals surface area contributed by atoms with Crippen LogP contribution in [-0.4, -0.2) is 35.4 Å². The van der Waals surface area contributed by atoms with Gasteiger partial charge in [-0.2, -0.15) is 0 Å². The molecule has 2 rings (SSSR count). The normalized spacial score (nSPS) is 24.6. The van der Waals surface area contributed by atoms with E-state index in [0.29, 0.717) is 12.1 Å². The van der Waals surface area contributed by atoms with E-state index in [9.17, 15) is 0 Å². The molecule has 1 heterocycles. The van der Waals surface area contributed by atoms with Crippen LogP contribution >= 0.6 is 11.8 Å². The molecule has 0 spiro atoms. The first kappa shape index (κ1) is 12.6. The zero-order valence-corrected chi connectivity index (χ0v) is 11.3. The Morgan fingerprint density at radius 1 is 1.18 bits per heavy atom. The monoisotopic (exact) mass is 252 g/mol. The molecule has 0 unspecified atom stereocenters. The summed E-state index contributed by atoms with van der Waals surface area (Å²) in [6.07, 6.45) is 8.58. The van der Waals surface area contributed by atoms with E-state index in [1.54, 1.807) is 18.1 Å². The van der Waals surface area contributed by atoms with Crippen molar-refractivity contribution in [3.63, 3.8) is 0 Å². The van der Waals surface area contributed by atoms with E-state index in [0.717, 1.165) is 10.8 Å². The van der Waals surface area contributed by atoms with Gasteiger partial charge in [0.05, 0.1) is 0 Å². The van der Waals surface area contributed by atoms with Gasteiger partial charge in [0.25, 0.3) is 0 Å². The third kappa shape index (κ3) is 3.57. The third-order valence-corrected chi connectivity index (χ3v) is 3.98. The molecule has 0 amide bonds. The number of aromatic nitrogens is 2. The fourth-order valence-electron chi connectivity index (χ4n) is 2.27. The molecule has 1 saturated carbocycles. The maximum atomic E-state index is 4.27. The Bertz CT molecular complexity index is 350. The van der Waals surface area contributed by atoms with Crippen LogP contribution < -0.4 is 10.6 Å². The largest absolute Gasteiger partial charge is 0.367 e. The van der Waals surface area contributed by atoms with Crippen LogP contribution in [0.25, 0.3) is 0 Å². The molecule has 1 aromatic rings. The smallest absolute Gasteiger partial charge is 0.130 e. The Labute approximate surface area is 107 Å². The quantitative estimate of drug-likeness (QED) is 0.635. The van der Waals surface area contributed by atoms with E-state index >= 15 is 0 Å². The summed E-state index contributed by atoms with van der Waals surface area (Å²) in [5.41, 5.74) is 0. The molecule has 1 aromatic heterocycles. The summed E-state index contributed by atoms with van der Waals surface area (Å²) in [4.78, 5) is 8.45. The average molecular weight is 252 g/mol. The highest BCUT2D eigenvalue weighted by atomic mass is 32.2. The highest BCUT2D eigenvalue weighted by molar-refractivity contribution is 7.98. The van der Waals surface area contributed by atoms with Crippen molar-refractivity contribution in [2.24, 2.45) is 0 Å². The van der Waals surface area contributed by atoms with Crippen LogP contribution in [0.4, 0.5) is 5.82 Å². The fourth-order valence-corrected chi connectivity index (χ4v) is 2.65. The number of nitrogens with zero attached hydrogens (tertiary/aromatic N) is 2. The van der Waals surface area contributed by atoms with Gasteiger partial charge in [-0.3, -0.25) is 0 Å². The van der Waals surface area contributed by atoms with Crippen molar-refractivity contribution in [3.05, 3.63) is 12.4 Å².